The molecule has 0 N–H and O–H groups in total. The third-order valence-electron chi connectivity index (χ3n) is 1.32. The Labute approximate surface area is 61.9 Å². The Balaban J connectivity index is 2.91. The lowest BCUT2D eigenvalue weighted by atomic mass is 10.5. The van der Waals surface area contributed by atoms with Crippen molar-refractivity contribution in [3.05, 3.63) is 29.9 Å². The van der Waals surface area contributed by atoms with Crippen LogP contribution in [0.1, 0.15) is 0 Å². The minimum atomic E-state index is 0.366. The van der Waals surface area contributed by atoms with Gasteiger partial charge in [0.1, 0.15) is 0 Å². The summed E-state index contributed by atoms with van der Waals surface area (Å²) in [4.78, 5) is 3.85. The van der Waals surface area contributed by atoms with Crippen molar-refractivity contribution in [3.8, 4) is 0 Å². The van der Waals surface area contributed by atoms with Crippen LogP contribution < -0.4 is 4.73 Å². The van der Waals surface area contributed by atoms with Crippen LogP contribution in [-0.2, 0) is 0 Å². The molecule has 0 spiro atoms. The van der Waals surface area contributed by atoms with Crippen LogP contribution in [0.2, 0.25) is 0 Å². The lowest BCUT2D eigenvalue weighted by Crippen LogP contribution is -2.26. The van der Waals surface area contributed by atoms with Crippen molar-refractivity contribution < 1.29 is 4.73 Å². The highest BCUT2D eigenvalue weighted by Gasteiger charge is 2.02. The summed E-state index contributed by atoms with van der Waals surface area (Å²) in [6.45, 7) is 0. The van der Waals surface area contributed by atoms with E-state index >= 15 is 0 Å². The molecular weight excluding hydrogens is 144 g/mol. The van der Waals surface area contributed by atoms with Crippen LogP contribution in [0, 0.1) is 5.21 Å². The van der Waals surface area contributed by atoms with Gasteiger partial charge in [-0.3, -0.25) is 0 Å². The second-order valence-corrected chi connectivity index (χ2v) is 1.99. The molecule has 0 aromatic carbocycles. The van der Waals surface area contributed by atoms with E-state index in [1.807, 2.05) is 0 Å². The monoisotopic (exact) mass is 148 g/mol. The zero-order chi connectivity index (χ0) is 7.68. The van der Waals surface area contributed by atoms with Gasteiger partial charge in [-0.05, 0) is 0 Å². The van der Waals surface area contributed by atoms with Crippen molar-refractivity contribution in [2.75, 3.05) is 0 Å². The summed E-state index contributed by atoms with van der Waals surface area (Å²) in [5, 5.41) is 18.2. The largest absolute Gasteiger partial charge is 0.618 e. The molecule has 0 saturated carbocycles. The van der Waals surface area contributed by atoms with Gasteiger partial charge in [0.15, 0.2) is 6.20 Å². The molecule has 0 aliphatic heterocycles. The highest BCUT2D eigenvalue weighted by Crippen LogP contribution is 1.97. The Bertz CT molecular complexity index is 384. The van der Waals surface area contributed by atoms with Gasteiger partial charge in [-0.15, -0.1) is 5.10 Å². The first-order chi connectivity index (χ1) is 5.38. The van der Waals surface area contributed by atoms with E-state index in [0.717, 1.165) is 0 Å². The van der Waals surface area contributed by atoms with Gasteiger partial charge in [0.2, 0.25) is 5.65 Å². The molecule has 0 bridgehead atoms. The van der Waals surface area contributed by atoms with Crippen molar-refractivity contribution in [2.45, 2.75) is 0 Å². The number of nitrogens with zero attached hydrogens (tertiary/aromatic N) is 4. The van der Waals surface area contributed by atoms with Gasteiger partial charge in [-0.25, -0.2) is 4.98 Å². The Hall–Kier alpha value is -1.78. The molecule has 11 heavy (non-hydrogen) atoms. The van der Waals surface area contributed by atoms with E-state index in [9.17, 15) is 5.21 Å². The number of rotatable bonds is 0. The van der Waals surface area contributed by atoms with Gasteiger partial charge < -0.3 is 5.21 Å². The summed E-state index contributed by atoms with van der Waals surface area (Å²) >= 11 is 0. The Morgan fingerprint density at radius 1 is 1.36 bits per heavy atom. The molecule has 2 heterocycles. The number of aromatic nitrogens is 4. The molecule has 0 radical (unpaired) electrons. The van der Waals surface area contributed by atoms with Gasteiger partial charge in [0.25, 0.3) is 5.52 Å². The van der Waals surface area contributed by atoms with Gasteiger partial charge in [-0.1, -0.05) is 0 Å². The average molecular weight is 148 g/mol. The van der Waals surface area contributed by atoms with Crippen molar-refractivity contribution in [3.63, 3.8) is 0 Å². The third kappa shape index (κ3) is 0.861. The quantitative estimate of drug-likeness (QED) is 0.378. The van der Waals surface area contributed by atoms with Gasteiger partial charge in [-0.2, -0.15) is 9.83 Å². The smallest absolute Gasteiger partial charge is 0.265 e. The first kappa shape index (κ1) is 5.96. The summed E-state index contributed by atoms with van der Waals surface area (Å²) < 4.78 is 0.705. The molecule has 54 valence electrons. The van der Waals surface area contributed by atoms with Crippen LogP contribution in [-0.4, -0.2) is 15.2 Å². The SMILES string of the molecule is [O-][n+]1ccnc2nnccc21. The molecule has 5 nitrogen and oxygen atoms in total. The Morgan fingerprint density at radius 3 is 3.09 bits per heavy atom. The molecule has 0 fully saturated rings. The Morgan fingerprint density at radius 2 is 2.27 bits per heavy atom. The summed E-state index contributed by atoms with van der Waals surface area (Å²) in [6, 6.07) is 1.57. The average Bonchev–Trinajstić information content (AvgIpc) is 2.06. The predicted octanol–water partition coefficient (Wildman–Crippen LogP) is -0.342. The molecule has 0 amide bonds. The van der Waals surface area contributed by atoms with Gasteiger partial charge in [0.05, 0.1) is 12.4 Å². The van der Waals surface area contributed by atoms with Crippen molar-refractivity contribution in [1.29, 1.82) is 0 Å². The lowest BCUT2D eigenvalue weighted by molar-refractivity contribution is -0.577. The number of hydrogen-bond donors (Lipinski definition) is 0. The summed E-state index contributed by atoms with van der Waals surface area (Å²) in [7, 11) is 0. The van der Waals surface area contributed by atoms with Crippen LogP contribution in [0.15, 0.2) is 24.7 Å². The highest BCUT2D eigenvalue weighted by atomic mass is 16.5. The molecule has 0 unspecified atom stereocenters. The van der Waals surface area contributed by atoms with Gasteiger partial charge in [0, 0.05) is 6.07 Å². The summed E-state index contributed by atoms with van der Waals surface area (Å²) in [5.41, 5.74) is 0.799. The molecular formula is C6H4N4O. The molecule has 0 aliphatic carbocycles. The van der Waals surface area contributed by atoms with Crippen LogP contribution >= 0.6 is 0 Å². The van der Waals surface area contributed by atoms with E-state index < -0.39 is 0 Å². The highest BCUT2D eigenvalue weighted by molar-refractivity contribution is 5.63. The van der Waals surface area contributed by atoms with Crippen LogP contribution in [0.5, 0.6) is 0 Å². The van der Waals surface area contributed by atoms with Crippen LogP contribution in [0.3, 0.4) is 0 Å². The van der Waals surface area contributed by atoms with E-state index in [0.29, 0.717) is 15.9 Å². The van der Waals surface area contributed by atoms with Crippen molar-refractivity contribution in [2.24, 2.45) is 0 Å². The third-order valence-corrected chi connectivity index (χ3v) is 1.32. The van der Waals surface area contributed by atoms with E-state index in [1.54, 1.807) is 6.07 Å². The van der Waals surface area contributed by atoms with E-state index in [-0.39, 0.29) is 0 Å². The zero-order valence-corrected chi connectivity index (χ0v) is 5.51. The summed E-state index contributed by atoms with van der Waals surface area (Å²) in [5.74, 6) is 0. The fourth-order valence-electron chi connectivity index (χ4n) is 0.826. The first-order valence-corrected chi connectivity index (χ1v) is 3.03. The maximum absolute atomic E-state index is 11.0. The second-order valence-electron chi connectivity index (χ2n) is 1.99. The number of hydrogen-bond acceptors (Lipinski definition) is 4. The maximum atomic E-state index is 11.0. The standard InChI is InChI=1S/C6H4N4O/c11-10-4-3-7-6-5(10)1-2-8-9-6/h1-4H. The van der Waals surface area contributed by atoms with Crippen LogP contribution in [0.4, 0.5) is 0 Å². The lowest BCUT2D eigenvalue weighted by Gasteiger charge is -1.96. The fourth-order valence-corrected chi connectivity index (χ4v) is 0.826. The molecule has 2 rings (SSSR count). The molecule has 5 heteroatoms. The van der Waals surface area contributed by atoms with E-state index in [2.05, 4.69) is 15.2 Å². The first-order valence-electron chi connectivity index (χ1n) is 3.03. The second kappa shape index (κ2) is 2.12. The van der Waals surface area contributed by atoms with Crippen molar-refractivity contribution in [1.82, 2.24) is 15.2 Å². The fraction of sp³-hybridized carbons (Fsp3) is 0. The maximum Gasteiger partial charge on any atom is 0.265 e. The molecule has 2 aromatic rings. The molecule has 0 saturated heterocycles. The van der Waals surface area contributed by atoms with E-state index in [1.165, 1.54) is 18.6 Å². The van der Waals surface area contributed by atoms with Crippen molar-refractivity contribution >= 4 is 11.2 Å². The summed E-state index contributed by atoms with van der Waals surface area (Å²) in [6.07, 6.45) is 4.17. The number of fused-ring (bicyclic) bond motifs is 1. The van der Waals surface area contributed by atoms with E-state index in [4.69, 9.17) is 0 Å². The predicted molar refractivity (Wildman–Crippen MR) is 36.3 cm³/mol. The molecule has 2 aromatic heterocycles. The topological polar surface area (TPSA) is 65.6 Å². The normalized spacial score (nSPS) is 10.2. The van der Waals surface area contributed by atoms with Gasteiger partial charge >= 0.3 is 0 Å². The Kier molecular flexibility index (Phi) is 1.15. The minimum Gasteiger partial charge on any atom is -0.618 e. The molecule has 0 aliphatic rings. The molecule has 0 atom stereocenters. The minimum absolute atomic E-state index is 0.366. The zero-order valence-electron chi connectivity index (χ0n) is 5.51. The van der Waals surface area contributed by atoms with Crippen LogP contribution in [0.25, 0.3) is 11.2 Å².